The minimum absolute atomic E-state index is 0.397. The highest BCUT2D eigenvalue weighted by molar-refractivity contribution is 7.95. The van der Waals surface area contributed by atoms with Crippen LogP contribution in [-0.4, -0.2) is 23.0 Å². The molecule has 0 unspecified atom stereocenters. The number of nitrogens with one attached hydrogen (secondary N) is 1. The molecular formula is C17H16N4O2S. The first kappa shape index (κ1) is 15.9. The number of imidazole rings is 1. The summed E-state index contributed by atoms with van der Waals surface area (Å²) < 4.78 is 28.5. The van der Waals surface area contributed by atoms with Crippen molar-refractivity contribution in [3.63, 3.8) is 0 Å². The van der Waals surface area contributed by atoms with Crippen molar-refractivity contribution in [3.05, 3.63) is 77.9 Å². The van der Waals surface area contributed by atoms with Gasteiger partial charge in [-0.1, -0.05) is 30.3 Å². The number of hydrogen-bond acceptors (Lipinski definition) is 4. The van der Waals surface area contributed by atoms with E-state index in [2.05, 4.69) is 14.7 Å². The van der Waals surface area contributed by atoms with Crippen molar-refractivity contribution in [2.75, 3.05) is 4.72 Å². The van der Waals surface area contributed by atoms with Crippen LogP contribution in [0.3, 0.4) is 0 Å². The molecule has 0 aliphatic heterocycles. The van der Waals surface area contributed by atoms with Crippen molar-refractivity contribution >= 4 is 21.8 Å². The summed E-state index contributed by atoms with van der Waals surface area (Å²) in [7, 11) is -3.60. The standard InChI is InChI=1S/C17H16N4O2S/c1-14-18-10-11-21(14)17-8-7-16(13-19-17)20-24(22,23)12-9-15-5-3-2-4-6-15/h2-13,20H,1H3/b12-9+. The molecule has 0 amide bonds. The van der Waals surface area contributed by atoms with E-state index < -0.39 is 10.0 Å². The molecule has 0 fully saturated rings. The molecule has 2 aromatic heterocycles. The van der Waals surface area contributed by atoms with Crippen LogP contribution in [0.5, 0.6) is 0 Å². The molecule has 0 spiro atoms. The molecule has 0 bridgehead atoms. The van der Waals surface area contributed by atoms with Crippen LogP contribution in [-0.2, 0) is 10.0 Å². The van der Waals surface area contributed by atoms with Crippen molar-refractivity contribution in [1.29, 1.82) is 0 Å². The number of benzene rings is 1. The van der Waals surface area contributed by atoms with Crippen LogP contribution in [0, 0.1) is 6.92 Å². The first-order valence-corrected chi connectivity index (χ1v) is 8.80. The smallest absolute Gasteiger partial charge is 0.255 e. The van der Waals surface area contributed by atoms with Gasteiger partial charge < -0.3 is 0 Å². The van der Waals surface area contributed by atoms with Crippen molar-refractivity contribution < 1.29 is 8.42 Å². The molecule has 7 heteroatoms. The average Bonchev–Trinajstić information content (AvgIpc) is 3.01. The number of pyridine rings is 1. The summed E-state index contributed by atoms with van der Waals surface area (Å²) in [5.41, 5.74) is 1.21. The maximum atomic E-state index is 12.1. The molecule has 1 aromatic carbocycles. The largest absolute Gasteiger partial charge is 0.288 e. The summed E-state index contributed by atoms with van der Waals surface area (Å²) in [4.78, 5) is 8.39. The Labute approximate surface area is 140 Å². The van der Waals surface area contributed by atoms with Crippen LogP contribution >= 0.6 is 0 Å². The van der Waals surface area contributed by atoms with Crippen molar-refractivity contribution in [2.24, 2.45) is 0 Å². The van der Waals surface area contributed by atoms with E-state index >= 15 is 0 Å². The van der Waals surface area contributed by atoms with Gasteiger partial charge in [0.25, 0.3) is 10.0 Å². The number of sulfonamides is 1. The van der Waals surface area contributed by atoms with E-state index in [1.54, 1.807) is 30.6 Å². The quantitative estimate of drug-likeness (QED) is 0.774. The van der Waals surface area contributed by atoms with Gasteiger partial charge in [-0.3, -0.25) is 9.29 Å². The number of anilines is 1. The fraction of sp³-hybridized carbons (Fsp3) is 0.0588. The zero-order chi connectivity index (χ0) is 17.0. The fourth-order valence-electron chi connectivity index (χ4n) is 2.14. The minimum atomic E-state index is -3.60. The highest BCUT2D eigenvalue weighted by atomic mass is 32.2. The molecule has 2 heterocycles. The Bertz CT molecular complexity index is 946. The predicted octanol–water partition coefficient (Wildman–Crippen LogP) is 2.99. The van der Waals surface area contributed by atoms with Crippen LogP contribution in [0.2, 0.25) is 0 Å². The van der Waals surface area contributed by atoms with E-state index in [0.717, 1.165) is 16.8 Å². The Morgan fingerprint density at radius 1 is 1.08 bits per heavy atom. The number of rotatable bonds is 5. The lowest BCUT2D eigenvalue weighted by Crippen LogP contribution is -2.09. The Morgan fingerprint density at radius 2 is 1.88 bits per heavy atom. The Balaban J connectivity index is 1.73. The molecule has 3 rings (SSSR count). The highest BCUT2D eigenvalue weighted by Crippen LogP contribution is 2.13. The Hall–Kier alpha value is -2.93. The molecule has 6 nitrogen and oxygen atoms in total. The molecule has 0 radical (unpaired) electrons. The van der Waals surface area contributed by atoms with Gasteiger partial charge in [0, 0.05) is 12.4 Å². The van der Waals surface area contributed by atoms with E-state index in [-0.39, 0.29) is 0 Å². The Kier molecular flexibility index (Phi) is 4.43. The van der Waals surface area contributed by atoms with E-state index in [9.17, 15) is 8.42 Å². The van der Waals surface area contributed by atoms with Gasteiger partial charge in [-0.05, 0) is 30.7 Å². The molecule has 3 aromatic rings. The molecule has 0 aliphatic carbocycles. The van der Waals surface area contributed by atoms with Gasteiger partial charge >= 0.3 is 0 Å². The second-order valence-corrected chi connectivity index (χ2v) is 6.68. The summed E-state index contributed by atoms with van der Waals surface area (Å²) >= 11 is 0. The van der Waals surface area contributed by atoms with Crippen molar-refractivity contribution in [1.82, 2.24) is 14.5 Å². The molecule has 122 valence electrons. The maximum Gasteiger partial charge on any atom is 0.255 e. The van der Waals surface area contributed by atoms with Crippen LogP contribution in [0.1, 0.15) is 11.4 Å². The van der Waals surface area contributed by atoms with Gasteiger partial charge in [-0.2, -0.15) is 0 Å². The first-order chi connectivity index (χ1) is 11.5. The van der Waals surface area contributed by atoms with Crippen LogP contribution < -0.4 is 4.72 Å². The molecule has 1 N–H and O–H groups in total. The van der Waals surface area contributed by atoms with Gasteiger partial charge in [0.05, 0.1) is 17.3 Å². The van der Waals surface area contributed by atoms with Crippen LogP contribution in [0.15, 0.2) is 66.5 Å². The van der Waals surface area contributed by atoms with Crippen LogP contribution in [0.4, 0.5) is 5.69 Å². The van der Waals surface area contributed by atoms with Gasteiger partial charge in [0.2, 0.25) is 0 Å². The number of nitrogens with zero attached hydrogens (tertiary/aromatic N) is 3. The highest BCUT2D eigenvalue weighted by Gasteiger charge is 2.07. The summed E-state index contributed by atoms with van der Waals surface area (Å²) in [5, 5.41) is 1.14. The van der Waals surface area contributed by atoms with Gasteiger partial charge in [0.15, 0.2) is 0 Å². The van der Waals surface area contributed by atoms with E-state index in [0.29, 0.717) is 11.5 Å². The summed E-state index contributed by atoms with van der Waals surface area (Å²) in [6, 6.07) is 12.6. The summed E-state index contributed by atoms with van der Waals surface area (Å²) in [5.74, 6) is 1.48. The Morgan fingerprint density at radius 3 is 2.50 bits per heavy atom. The normalized spacial score (nSPS) is 11.7. The van der Waals surface area contributed by atoms with Crippen LogP contribution in [0.25, 0.3) is 11.9 Å². The zero-order valence-corrected chi connectivity index (χ0v) is 13.8. The second kappa shape index (κ2) is 6.67. The van der Waals surface area contributed by atoms with Crippen molar-refractivity contribution in [2.45, 2.75) is 6.92 Å². The second-order valence-electron chi connectivity index (χ2n) is 5.11. The lowest BCUT2D eigenvalue weighted by atomic mass is 10.2. The number of aromatic nitrogens is 3. The monoisotopic (exact) mass is 340 g/mol. The molecule has 24 heavy (non-hydrogen) atoms. The van der Waals surface area contributed by atoms with E-state index in [4.69, 9.17) is 0 Å². The predicted molar refractivity (Wildman–Crippen MR) is 94.1 cm³/mol. The van der Waals surface area contributed by atoms with Gasteiger partial charge in [-0.25, -0.2) is 18.4 Å². The minimum Gasteiger partial charge on any atom is -0.288 e. The summed E-state index contributed by atoms with van der Waals surface area (Å²) in [6.45, 7) is 1.87. The lowest BCUT2D eigenvalue weighted by Gasteiger charge is -2.07. The zero-order valence-electron chi connectivity index (χ0n) is 13.0. The lowest BCUT2D eigenvalue weighted by molar-refractivity contribution is 0.609. The molecule has 0 atom stereocenters. The summed E-state index contributed by atoms with van der Waals surface area (Å²) in [6.07, 6.45) is 6.49. The van der Waals surface area contributed by atoms with Gasteiger partial charge in [-0.15, -0.1) is 0 Å². The topological polar surface area (TPSA) is 76.9 Å². The molecule has 0 saturated carbocycles. The van der Waals surface area contributed by atoms with E-state index in [1.807, 2.05) is 41.8 Å². The molecule has 0 aliphatic rings. The molecule has 0 saturated heterocycles. The third-order valence-electron chi connectivity index (χ3n) is 3.32. The third kappa shape index (κ3) is 3.88. The SMILES string of the molecule is Cc1nccn1-c1ccc(NS(=O)(=O)/C=C/c2ccccc2)cn1. The maximum absolute atomic E-state index is 12.1. The average molecular weight is 340 g/mol. The first-order valence-electron chi connectivity index (χ1n) is 7.26. The van der Waals surface area contributed by atoms with E-state index in [1.165, 1.54) is 6.20 Å². The number of aryl methyl sites for hydroxylation is 1. The third-order valence-corrected chi connectivity index (χ3v) is 4.33. The van der Waals surface area contributed by atoms with Gasteiger partial charge in [0.1, 0.15) is 11.6 Å². The number of hydrogen-bond donors (Lipinski definition) is 1. The molecular weight excluding hydrogens is 324 g/mol. The van der Waals surface area contributed by atoms with Crippen molar-refractivity contribution in [3.8, 4) is 5.82 Å². The fourth-order valence-corrected chi connectivity index (χ4v) is 2.99.